The molecule has 0 amide bonds. The summed E-state index contributed by atoms with van der Waals surface area (Å²) in [5.74, 6) is -0.663. The lowest BCUT2D eigenvalue weighted by molar-refractivity contribution is 0.0688. The van der Waals surface area contributed by atoms with Gasteiger partial charge in [-0.25, -0.2) is 4.79 Å². The van der Waals surface area contributed by atoms with Crippen molar-refractivity contribution in [2.24, 2.45) is 0 Å². The zero-order valence-corrected chi connectivity index (χ0v) is 14.9. The molecule has 28 heavy (non-hydrogen) atoms. The Balaban J connectivity index is 2.16. The van der Waals surface area contributed by atoms with Gasteiger partial charge < -0.3 is 9.84 Å². The minimum atomic E-state index is -1.34. The standard InChI is InChI=1S/C21H15N3O4/c1-28-16-10-7-14(8-11-16)9-12-17-18(13-22)20(25)24(23-19(17)21(26)27)15-5-3-2-4-6-15/h2-12H,1H3,(H,26,27)/b12-9-. The van der Waals surface area contributed by atoms with Crippen LogP contribution in [0.4, 0.5) is 0 Å². The van der Waals surface area contributed by atoms with Gasteiger partial charge in [0, 0.05) is 5.56 Å². The smallest absolute Gasteiger partial charge is 0.357 e. The number of hydrogen-bond acceptors (Lipinski definition) is 5. The fourth-order valence-electron chi connectivity index (χ4n) is 2.61. The monoisotopic (exact) mass is 373 g/mol. The SMILES string of the molecule is COc1ccc(/C=C\c2c(C(=O)O)nn(-c3ccccc3)c(=O)c2C#N)cc1. The number of para-hydroxylation sites is 1. The van der Waals surface area contributed by atoms with Gasteiger partial charge >= 0.3 is 5.97 Å². The highest BCUT2D eigenvalue weighted by Gasteiger charge is 2.20. The zero-order chi connectivity index (χ0) is 20.1. The Morgan fingerprint density at radius 2 is 1.82 bits per heavy atom. The molecule has 0 atom stereocenters. The number of carboxylic acid groups (broad SMARTS) is 1. The van der Waals surface area contributed by atoms with Crippen molar-refractivity contribution >= 4 is 18.1 Å². The first-order valence-corrected chi connectivity index (χ1v) is 8.23. The second-order valence-electron chi connectivity index (χ2n) is 5.71. The molecule has 3 aromatic rings. The van der Waals surface area contributed by atoms with E-state index in [9.17, 15) is 20.0 Å². The molecular weight excluding hydrogens is 358 g/mol. The van der Waals surface area contributed by atoms with Crippen LogP contribution in [-0.2, 0) is 0 Å². The van der Waals surface area contributed by atoms with Crippen LogP contribution in [-0.4, -0.2) is 28.0 Å². The van der Waals surface area contributed by atoms with Gasteiger partial charge in [-0.05, 0) is 29.8 Å². The number of methoxy groups -OCH3 is 1. The Labute approximate surface area is 160 Å². The predicted molar refractivity (Wildman–Crippen MR) is 103 cm³/mol. The summed E-state index contributed by atoms with van der Waals surface area (Å²) in [5, 5.41) is 23.1. The van der Waals surface area contributed by atoms with Crippen molar-refractivity contribution in [2.75, 3.05) is 7.11 Å². The van der Waals surface area contributed by atoms with Crippen LogP contribution in [0.5, 0.6) is 5.75 Å². The first-order chi connectivity index (χ1) is 13.5. The Bertz CT molecular complexity index is 1140. The number of hydrogen-bond donors (Lipinski definition) is 1. The van der Waals surface area contributed by atoms with Crippen molar-refractivity contribution in [1.29, 1.82) is 5.26 Å². The van der Waals surface area contributed by atoms with Crippen molar-refractivity contribution in [1.82, 2.24) is 9.78 Å². The molecule has 3 rings (SSSR count). The highest BCUT2D eigenvalue weighted by atomic mass is 16.5. The number of aromatic nitrogens is 2. The second-order valence-corrected chi connectivity index (χ2v) is 5.71. The Kier molecular flexibility index (Phi) is 5.33. The molecule has 0 aliphatic carbocycles. The molecule has 0 saturated heterocycles. The molecule has 0 bridgehead atoms. The summed E-state index contributed by atoms with van der Waals surface area (Å²) in [7, 11) is 1.55. The van der Waals surface area contributed by atoms with Crippen LogP contribution in [0.2, 0.25) is 0 Å². The third-order valence-corrected chi connectivity index (χ3v) is 4.00. The maximum absolute atomic E-state index is 12.7. The first kappa shape index (κ1) is 18.6. The zero-order valence-electron chi connectivity index (χ0n) is 14.9. The molecule has 0 unspecified atom stereocenters. The summed E-state index contributed by atoms with van der Waals surface area (Å²) in [6, 6.07) is 17.2. The molecule has 7 nitrogen and oxygen atoms in total. The molecule has 0 aliphatic heterocycles. The molecule has 1 heterocycles. The number of rotatable bonds is 5. The van der Waals surface area contributed by atoms with Gasteiger partial charge in [0.1, 0.15) is 17.4 Å². The lowest BCUT2D eigenvalue weighted by Gasteiger charge is -2.09. The van der Waals surface area contributed by atoms with Crippen LogP contribution < -0.4 is 10.3 Å². The summed E-state index contributed by atoms with van der Waals surface area (Å²) in [6.07, 6.45) is 3.02. The molecule has 1 N–H and O–H groups in total. The van der Waals surface area contributed by atoms with E-state index in [1.807, 2.05) is 6.07 Å². The van der Waals surface area contributed by atoms with E-state index in [0.717, 1.165) is 10.2 Å². The largest absolute Gasteiger partial charge is 0.497 e. The number of carboxylic acids is 1. The molecule has 0 aliphatic rings. The van der Waals surface area contributed by atoms with E-state index in [2.05, 4.69) is 5.10 Å². The van der Waals surface area contributed by atoms with E-state index in [-0.39, 0.29) is 16.8 Å². The lowest BCUT2D eigenvalue weighted by Crippen LogP contribution is -2.28. The van der Waals surface area contributed by atoms with Gasteiger partial charge in [-0.15, -0.1) is 0 Å². The number of ether oxygens (including phenoxy) is 1. The average molecular weight is 373 g/mol. The van der Waals surface area contributed by atoms with E-state index >= 15 is 0 Å². The van der Waals surface area contributed by atoms with Gasteiger partial charge in [-0.1, -0.05) is 42.5 Å². The Morgan fingerprint density at radius 3 is 2.39 bits per heavy atom. The summed E-state index contributed by atoms with van der Waals surface area (Å²) >= 11 is 0. The van der Waals surface area contributed by atoms with Crippen LogP contribution in [0.25, 0.3) is 17.8 Å². The topological polar surface area (TPSA) is 105 Å². The normalized spacial score (nSPS) is 10.6. The maximum Gasteiger partial charge on any atom is 0.357 e. The summed E-state index contributed by atoms with van der Waals surface area (Å²) in [4.78, 5) is 24.5. The number of nitriles is 1. The second kappa shape index (κ2) is 8.01. The van der Waals surface area contributed by atoms with Crippen molar-refractivity contribution in [2.45, 2.75) is 0 Å². The summed E-state index contributed by atoms with van der Waals surface area (Å²) in [5.41, 5.74) is -0.285. The summed E-state index contributed by atoms with van der Waals surface area (Å²) < 4.78 is 6.01. The fourth-order valence-corrected chi connectivity index (χ4v) is 2.61. The predicted octanol–water partition coefficient (Wildman–Crippen LogP) is 2.98. The molecule has 0 saturated carbocycles. The molecular formula is C21H15N3O4. The van der Waals surface area contributed by atoms with Crippen LogP contribution in [0.3, 0.4) is 0 Å². The van der Waals surface area contributed by atoms with E-state index in [1.54, 1.807) is 67.8 Å². The van der Waals surface area contributed by atoms with Crippen LogP contribution >= 0.6 is 0 Å². The van der Waals surface area contributed by atoms with Crippen molar-refractivity contribution < 1.29 is 14.6 Å². The molecule has 0 radical (unpaired) electrons. The number of aromatic carboxylic acids is 1. The molecule has 1 aromatic heterocycles. The molecule has 2 aromatic carbocycles. The highest BCUT2D eigenvalue weighted by molar-refractivity contribution is 5.92. The van der Waals surface area contributed by atoms with E-state index < -0.39 is 11.5 Å². The average Bonchev–Trinajstić information content (AvgIpc) is 2.73. The van der Waals surface area contributed by atoms with Gasteiger partial charge in [-0.3, -0.25) is 4.79 Å². The Morgan fingerprint density at radius 1 is 1.14 bits per heavy atom. The number of nitrogens with zero attached hydrogens (tertiary/aromatic N) is 3. The van der Waals surface area contributed by atoms with Crippen molar-refractivity contribution in [3.8, 4) is 17.5 Å². The van der Waals surface area contributed by atoms with Crippen LogP contribution in [0.1, 0.15) is 27.2 Å². The third kappa shape index (κ3) is 3.66. The van der Waals surface area contributed by atoms with Crippen molar-refractivity contribution in [3.05, 3.63) is 87.3 Å². The third-order valence-electron chi connectivity index (χ3n) is 4.00. The van der Waals surface area contributed by atoms with Gasteiger partial charge in [-0.2, -0.15) is 15.0 Å². The number of carbonyl (C=O) groups is 1. The van der Waals surface area contributed by atoms with E-state index in [1.165, 1.54) is 6.08 Å². The van der Waals surface area contributed by atoms with Crippen molar-refractivity contribution in [3.63, 3.8) is 0 Å². The van der Waals surface area contributed by atoms with E-state index in [0.29, 0.717) is 11.4 Å². The van der Waals surface area contributed by atoms with Gasteiger partial charge in [0.05, 0.1) is 12.8 Å². The summed E-state index contributed by atoms with van der Waals surface area (Å²) in [6.45, 7) is 0. The first-order valence-electron chi connectivity index (χ1n) is 8.23. The molecule has 138 valence electrons. The lowest BCUT2D eigenvalue weighted by atomic mass is 10.1. The van der Waals surface area contributed by atoms with Crippen LogP contribution in [0, 0.1) is 11.3 Å². The maximum atomic E-state index is 12.7. The Hall–Kier alpha value is -4.18. The van der Waals surface area contributed by atoms with E-state index in [4.69, 9.17) is 4.74 Å². The fraction of sp³-hybridized carbons (Fsp3) is 0.0476. The van der Waals surface area contributed by atoms with Gasteiger partial charge in [0.15, 0.2) is 5.69 Å². The van der Waals surface area contributed by atoms with Gasteiger partial charge in [0.25, 0.3) is 5.56 Å². The van der Waals surface area contributed by atoms with Crippen LogP contribution in [0.15, 0.2) is 59.4 Å². The molecule has 0 spiro atoms. The quantitative estimate of drug-likeness (QED) is 0.737. The number of benzene rings is 2. The molecule has 7 heteroatoms. The minimum absolute atomic E-state index is 0.0389. The molecule has 0 fully saturated rings. The minimum Gasteiger partial charge on any atom is -0.497 e. The van der Waals surface area contributed by atoms with Gasteiger partial charge in [0.2, 0.25) is 0 Å². The highest BCUT2D eigenvalue weighted by Crippen LogP contribution is 2.17.